The Balaban J connectivity index is 1.78. The topological polar surface area (TPSA) is 93.7 Å². The Morgan fingerprint density at radius 2 is 2.00 bits per heavy atom. The second-order valence-corrected chi connectivity index (χ2v) is 5.62. The van der Waals surface area contributed by atoms with Gasteiger partial charge in [-0.15, -0.1) is 0 Å². The number of anilines is 2. The Morgan fingerprint density at radius 1 is 1.12 bits per heavy atom. The Kier molecular flexibility index (Phi) is 3.43. The molecule has 0 amide bonds. The first-order valence-electron chi connectivity index (χ1n) is 7.61. The molecule has 0 aliphatic carbocycles. The van der Waals surface area contributed by atoms with Gasteiger partial charge in [0.25, 0.3) is 0 Å². The van der Waals surface area contributed by atoms with Crippen molar-refractivity contribution >= 4 is 44.9 Å². The van der Waals surface area contributed by atoms with Crippen molar-refractivity contribution in [2.45, 2.75) is 0 Å². The van der Waals surface area contributed by atoms with Crippen molar-refractivity contribution in [3.63, 3.8) is 0 Å². The van der Waals surface area contributed by atoms with Gasteiger partial charge in [-0.2, -0.15) is 0 Å². The number of H-pyrrole nitrogens is 1. The van der Waals surface area contributed by atoms with Gasteiger partial charge < -0.3 is 20.2 Å². The minimum atomic E-state index is -1.30. The number of carboxylic acids is 1. The number of benzene rings is 2. The molecule has 0 aliphatic heterocycles. The second kappa shape index (κ2) is 5.76. The Labute approximate surface area is 142 Å². The average molecular weight is 329 g/mol. The first kappa shape index (κ1) is 14.9. The SMILES string of the molecule is C=C(C(=O)[O-])c1ccc2ncnc(Nc3ccc4[nH]ccc4c3)c2c1. The number of hydrogen-bond donors (Lipinski definition) is 2. The van der Waals surface area contributed by atoms with E-state index < -0.39 is 5.97 Å². The summed E-state index contributed by atoms with van der Waals surface area (Å²) in [5.74, 6) is -0.712. The number of nitrogens with one attached hydrogen (secondary N) is 2. The largest absolute Gasteiger partial charge is 0.545 e. The van der Waals surface area contributed by atoms with Gasteiger partial charge in [0, 0.05) is 28.2 Å². The van der Waals surface area contributed by atoms with Crippen LogP contribution in [0.4, 0.5) is 11.5 Å². The van der Waals surface area contributed by atoms with Gasteiger partial charge in [0.1, 0.15) is 12.1 Å². The lowest BCUT2D eigenvalue weighted by Gasteiger charge is -2.11. The van der Waals surface area contributed by atoms with Crippen LogP contribution in [-0.4, -0.2) is 20.9 Å². The first-order chi connectivity index (χ1) is 12.1. The summed E-state index contributed by atoms with van der Waals surface area (Å²) in [5.41, 5.74) is 3.01. The van der Waals surface area contributed by atoms with E-state index in [1.54, 1.807) is 18.2 Å². The molecule has 0 spiro atoms. The molecule has 0 unspecified atom stereocenters. The van der Waals surface area contributed by atoms with Crippen molar-refractivity contribution in [1.82, 2.24) is 15.0 Å². The monoisotopic (exact) mass is 329 g/mol. The molecular weight excluding hydrogens is 316 g/mol. The van der Waals surface area contributed by atoms with Crippen molar-refractivity contribution in [3.05, 3.63) is 67.1 Å². The predicted octanol–water partition coefficient (Wildman–Crippen LogP) is 2.62. The average Bonchev–Trinajstić information content (AvgIpc) is 3.08. The smallest absolute Gasteiger partial charge is 0.141 e. The second-order valence-electron chi connectivity index (χ2n) is 5.62. The lowest BCUT2D eigenvalue weighted by Crippen LogP contribution is -2.22. The molecule has 0 radical (unpaired) electrons. The van der Waals surface area contributed by atoms with E-state index in [2.05, 4.69) is 26.8 Å². The van der Waals surface area contributed by atoms with E-state index >= 15 is 0 Å². The summed E-state index contributed by atoms with van der Waals surface area (Å²) in [6.45, 7) is 3.55. The molecular formula is C19H13N4O2-. The molecule has 0 fully saturated rings. The van der Waals surface area contributed by atoms with Gasteiger partial charge >= 0.3 is 0 Å². The molecule has 0 bridgehead atoms. The highest BCUT2D eigenvalue weighted by Gasteiger charge is 2.08. The summed E-state index contributed by atoms with van der Waals surface area (Å²) in [6.07, 6.45) is 3.35. The third-order valence-electron chi connectivity index (χ3n) is 4.05. The number of nitrogens with zero attached hydrogens (tertiary/aromatic N) is 2. The maximum Gasteiger partial charge on any atom is 0.141 e. The fourth-order valence-corrected chi connectivity index (χ4v) is 2.73. The lowest BCUT2D eigenvalue weighted by atomic mass is 10.1. The van der Waals surface area contributed by atoms with Crippen LogP contribution >= 0.6 is 0 Å². The van der Waals surface area contributed by atoms with Gasteiger partial charge in [-0.05, 0) is 47.5 Å². The van der Waals surface area contributed by atoms with Crippen LogP contribution in [0.3, 0.4) is 0 Å². The van der Waals surface area contributed by atoms with E-state index in [4.69, 9.17) is 0 Å². The van der Waals surface area contributed by atoms with Gasteiger partial charge in [0.05, 0.1) is 11.5 Å². The molecule has 2 aromatic heterocycles. The summed E-state index contributed by atoms with van der Waals surface area (Å²) in [5, 5.41) is 16.1. The maximum atomic E-state index is 11.1. The van der Waals surface area contributed by atoms with Crippen LogP contribution in [0.5, 0.6) is 0 Å². The van der Waals surface area contributed by atoms with Crippen LogP contribution in [0.15, 0.2) is 61.6 Å². The number of aromatic nitrogens is 3. The maximum absolute atomic E-state index is 11.1. The number of carbonyl (C=O) groups excluding carboxylic acids is 1. The van der Waals surface area contributed by atoms with Crippen LogP contribution in [0.2, 0.25) is 0 Å². The summed E-state index contributed by atoms with van der Waals surface area (Å²) in [7, 11) is 0. The zero-order valence-electron chi connectivity index (χ0n) is 13.1. The molecule has 25 heavy (non-hydrogen) atoms. The third-order valence-corrected chi connectivity index (χ3v) is 4.05. The number of carboxylic acid groups (broad SMARTS) is 1. The minimum absolute atomic E-state index is 0.0783. The highest BCUT2D eigenvalue weighted by atomic mass is 16.4. The Morgan fingerprint density at radius 3 is 2.84 bits per heavy atom. The zero-order chi connectivity index (χ0) is 17.4. The third kappa shape index (κ3) is 2.70. The highest BCUT2D eigenvalue weighted by molar-refractivity contribution is 6.14. The van der Waals surface area contributed by atoms with E-state index in [1.165, 1.54) is 6.33 Å². The van der Waals surface area contributed by atoms with Crippen molar-refractivity contribution < 1.29 is 9.90 Å². The van der Waals surface area contributed by atoms with E-state index in [9.17, 15) is 9.90 Å². The number of rotatable bonds is 4. The lowest BCUT2D eigenvalue weighted by molar-refractivity contribution is -0.295. The molecule has 2 heterocycles. The van der Waals surface area contributed by atoms with Crippen LogP contribution < -0.4 is 10.4 Å². The first-order valence-corrected chi connectivity index (χ1v) is 7.61. The standard InChI is InChI=1S/C19H14N4O2/c1-11(19(24)25)12-2-4-17-15(9-12)18(22-10-21-17)23-14-3-5-16-13(8-14)6-7-20-16/h2-10,20H,1H2,(H,24,25)(H,21,22,23)/p-1. The fourth-order valence-electron chi connectivity index (χ4n) is 2.73. The van der Waals surface area contributed by atoms with Crippen LogP contribution in [0.1, 0.15) is 5.56 Å². The number of aromatic amines is 1. The zero-order valence-corrected chi connectivity index (χ0v) is 13.1. The van der Waals surface area contributed by atoms with Crippen molar-refractivity contribution in [1.29, 1.82) is 0 Å². The molecule has 0 saturated heterocycles. The molecule has 4 aromatic rings. The Hall–Kier alpha value is -3.67. The number of fused-ring (bicyclic) bond motifs is 2. The van der Waals surface area contributed by atoms with E-state index in [1.807, 2.05) is 30.5 Å². The van der Waals surface area contributed by atoms with E-state index in [0.29, 0.717) is 22.3 Å². The van der Waals surface area contributed by atoms with Crippen LogP contribution in [0, 0.1) is 0 Å². The van der Waals surface area contributed by atoms with Crippen molar-refractivity contribution in [3.8, 4) is 0 Å². The summed E-state index contributed by atoms with van der Waals surface area (Å²) in [4.78, 5) is 22.7. The molecule has 6 heteroatoms. The van der Waals surface area contributed by atoms with Crippen LogP contribution in [0.25, 0.3) is 27.4 Å². The van der Waals surface area contributed by atoms with E-state index in [-0.39, 0.29) is 5.57 Å². The molecule has 6 nitrogen and oxygen atoms in total. The van der Waals surface area contributed by atoms with Gasteiger partial charge in [-0.25, -0.2) is 9.97 Å². The number of aliphatic carboxylic acids is 1. The van der Waals surface area contributed by atoms with Gasteiger partial charge in [0.2, 0.25) is 0 Å². The fraction of sp³-hybridized carbons (Fsp3) is 0. The highest BCUT2D eigenvalue weighted by Crippen LogP contribution is 2.27. The van der Waals surface area contributed by atoms with Crippen molar-refractivity contribution in [2.24, 2.45) is 0 Å². The molecule has 0 aliphatic rings. The van der Waals surface area contributed by atoms with Gasteiger partial charge in [-0.1, -0.05) is 12.6 Å². The summed E-state index contributed by atoms with van der Waals surface area (Å²) >= 11 is 0. The Bertz CT molecular complexity index is 1130. The summed E-state index contributed by atoms with van der Waals surface area (Å²) in [6, 6.07) is 13.0. The summed E-state index contributed by atoms with van der Waals surface area (Å²) < 4.78 is 0. The molecule has 4 rings (SSSR count). The quantitative estimate of drug-likeness (QED) is 0.561. The molecule has 122 valence electrons. The van der Waals surface area contributed by atoms with Crippen LogP contribution in [-0.2, 0) is 4.79 Å². The molecule has 2 N–H and O–H groups in total. The minimum Gasteiger partial charge on any atom is -0.545 e. The number of carbonyl (C=O) groups is 1. The molecule has 0 atom stereocenters. The number of hydrogen-bond acceptors (Lipinski definition) is 5. The van der Waals surface area contributed by atoms with Gasteiger partial charge in [-0.3, -0.25) is 0 Å². The van der Waals surface area contributed by atoms with Crippen molar-refractivity contribution in [2.75, 3.05) is 5.32 Å². The van der Waals surface area contributed by atoms with Gasteiger partial charge in [0.15, 0.2) is 0 Å². The molecule has 0 saturated carbocycles. The van der Waals surface area contributed by atoms with E-state index in [0.717, 1.165) is 16.6 Å². The normalized spacial score (nSPS) is 10.9. The molecule has 2 aromatic carbocycles. The predicted molar refractivity (Wildman–Crippen MR) is 95.2 cm³/mol.